The van der Waals surface area contributed by atoms with Crippen LogP contribution in [-0.2, 0) is 0 Å². The van der Waals surface area contributed by atoms with Crippen molar-refractivity contribution < 1.29 is 0 Å². The van der Waals surface area contributed by atoms with Crippen LogP contribution in [0.2, 0.25) is 0 Å². The van der Waals surface area contributed by atoms with Crippen molar-refractivity contribution in [2.45, 2.75) is 45.2 Å². The van der Waals surface area contributed by atoms with E-state index < -0.39 is 0 Å². The molecule has 1 saturated heterocycles. The largest absolute Gasteiger partial charge is 0.296 e. The molecule has 0 spiro atoms. The summed E-state index contributed by atoms with van der Waals surface area (Å²) in [6.07, 6.45) is 4.28. The van der Waals surface area contributed by atoms with Gasteiger partial charge in [-0.1, -0.05) is 6.08 Å². The van der Waals surface area contributed by atoms with Crippen molar-refractivity contribution in [2.75, 3.05) is 26.2 Å². The Morgan fingerprint density at radius 2 is 1.88 bits per heavy atom. The highest BCUT2D eigenvalue weighted by atomic mass is 15.3. The fourth-order valence-corrected chi connectivity index (χ4v) is 2.81. The molecule has 1 heterocycles. The molecular formula is C14H23N3. The Balaban J connectivity index is 1.88. The molecule has 94 valence electrons. The number of hydrogen-bond donors (Lipinski definition) is 0. The van der Waals surface area contributed by atoms with Gasteiger partial charge in [-0.2, -0.15) is 5.26 Å². The molecule has 0 aromatic carbocycles. The minimum Gasteiger partial charge on any atom is -0.296 e. The van der Waals surface area contributed by atoms with Crippen LogP contribution < -0.4 is 0 Å². The van der Waals surface area contributed by atoms with Crippen LogP contribution in [0.25, 0.3) is 0 Å². The predicted molar refractivity (Wildman–Crippen MR) is 69.6 cm³/mol. The normalized spacial score (nSPS) is 27.9. The lowest BCUT2D eigenvalue weighted by Crippen LogP contribution is -2.55. The molecule has 0 aromatic rings. The average Bonchev–Trinajstić information content (AvgIpc) is 2.76. The van der Waals surface area contributed by atoms with Crippen molar-refractivity contribution in [1.82, 2.24) is 9.80 Å². The van der Waals surface area contributed by atoms with Crippen LogP contribution in [0.4, 0.5) is 0 Å². The first-order chi connectivity index (χ1) is 8.00. The summed E-state index contributed by atoms with van der Waals surface area (Å²) in [5.74, 6) is 0. The lowest BCUT2D eigenvalue weighted by Gasteiger charge is -2.43. The molecule has 1 aliphatic carbocycles. The molecule has 0 aromatic heterocycles. The predicted octanol–water partition coefficient (Wildman–Crippen LogP) is 2.01. The smallest absolute Gasteiger partial charge is 0.0944 e. The third-order valence-corrected chi connectivity index (χ3v) is 3.98. The highest BCUT2D eigenvalue weighted by Crippen LogP contribution is 2.24. The number of rotatable bonds is 1. The summed E-state index contributed by atoms with van der Waals surface area (Å²) in [7, 11) is 0. The van der Waals surface area contributed by atoms with Gasteiger partial charge in [-0.05, 0) is 33.6 Å². The SMILES string of the molecule is CC(C)(C)N1CCN([C@@H]2C=C(C#N)CC2)CC1. The molecule has 1 fully saturated rings. The Morgan fingerprint density at radius 3 is 2.35 bits per heavy atom. The van der Waals surface area contributed by atoms with Crippen LogP contribution in [-0.4, -0.2) is 47.6 Å². The van der Waals surface area contributed by atoms with Crippen LogP contribution >= 0.6 is 0 Å². The summed E-state index contributed by atoms with van der Waals surface area (Å²) in [6.45, 7) is 11.4. The van der Waals surface area contributed by atoms with E-state index in [4.69, 9.17) is 5.26 Å². The van der Waals surface area contributed by atoms with Gasteiger partial charge in [-0.15, -0.1) is 0 Å². The Kier molecular flexibility index (Phi) is 3.56. The van der Waals surface area contributed by atoms with Crippen molar-refractivity contribution in [1.29, 1.82) is 5.26 Å². The van der Waals surface area contributed by atoms with Gasteiger partial charge < -0.3 is 0 Å². The third-order valence-electron chi connectivity index (χ3n) is 3.98. The van der Waals surface area contributed by atoms with Crippen molar-refractivity contribution >= 4 is 0 Å². The van der Waals surface area contributed by atoms with E-state index in [0.29, 0.717) is 6.04 Å². The van der Waals surface area contributed by atoms with E-state index >= 15 is 0 Å². The molecule has 0 amide bonds. The molecular weight excluding hydrogens is 210 g/mol. The summed E-state index contributed by atoms with van der Waals surface area (Å²) >= 11 is 0. The molecule has 0 radical (unpaired) electrons. The third kappa shape index (κ3) is 2.88. The summed E-state index contributed by atoms with van der Waals surface area (Å²) < 4.78 is 0. The summed E-state index contributed by atoms with van der Waals surface area (Å²) in [4.78, 5) is 5.08. The second-order valence-electron chi connectivity index (χ2n) is 6.10. The van der Waals surface area contributed by atoms with Gasteiger partial charge in [-0.25, -0.2) is 0 Å². The summed E-state index contributed by atoms with van der Waals surface area (Å²) in [5, 5.41) is 8.89. The average molecular weight is 233 g/mol. The summed E-state index contributed by atoms with van der Waals surface area (Å²) in [5.41, 5.74) is 1.27. The molecule has 1 atom stereocenters. The van der Waals surface area contributed by atoms with Crippen LogP contribution in [0, 0.1) is 11.3 Å². The highest BCUT2D eigenvalue weighted by molar-refractivity contribution is 5.27. The van der Waals surface area contributed by atoms with E-state index in [1.54, 1.807) is 0 Å². The fourth-order valence-electron chi connectivity index (χ4n) is 2.81. The quantitative estimate of drug-likeness (QED) is 0.694. The zero-order valence-corrected chi connectivity index (χ0v) is 11.2. The molecule has 0 N–H and O–H groups in total. The zero-order chi connectivity index (χ0) is 12.5. The van der Waals surface area contributed by atoms with Crippen LogP contribution in [0.3, 0.4) is 0 Å². The van der Waals surface area contributed by atoms with Gasteiger partial charge in [0.1, 0.15) is 0 Å². The number of allylic oxidation sites excluding steroid dienone is 1. The Labute approximate surface area is 105 Å². The molecule has 2 rings (SSSR count). The maximum absolute atomic E-state index is 8.89. The van der Waals surface area contributed by atoms with Gasteiger partial charge in [-0.3, -0.25) is 9.80 Å². The molecule has 1 aliphatic heterocycles. The first-order valence-corrected chi connectivity index (χ1v) is 6.60. The highest BCUT2D eigenvalue weighted by Gasteiger charge is 2.29. The van der Waals surface area contributed by atoms with Crippen LogP contribution in [0.5, 0.6) is 0 Å². The Morgan fingerprint density at radius 1 is 1.24 bits per heavy atom. The van der Waals surface area contributed by atoms with Gasteiger partial charge in [0.15, 0.2) is 0 Å². The van der Waals surface area contributed by atoms with E-state index in [2.05, 4.69) is 42.7 Å². The Hall–Kier alpha value is -0.850. The first-order valence-electron chi connectivity index (χ1n) is 6.60. The van der Waals surface area contributed by atoms with Crippen molar-refractivity contribution in [3.8, 4) is 6.07 Å². The van der Waals surface area contributed by atoms with Gasteiger partial charge >= 0.3 is 0 Å². The molecule has 0 saturated carbocycles. The number of hydrogen-bond acceptors (Lipinski definition) is 3. The molecule has 2 aliphatic rings. The van der Waals surface area contributed by atoms with E-state index in [1.165, 1.54) is 0 Å². The van der Waals surface area contributed by atoms with E-state index in [9.17, 15) is 0 Å². The number of piperazine rings is 1. The maximum atomic E-state index is 8.89. The number of nitrogens with zero attached hydrogens (tertiary/aromatic N) is 3. The van der Waals surface area contributed by atoms with Crippen LogP contribution in [0.1, 0.15) is 33.6 Å². The minimum absolute atomic E-state index is 0.287. The van der Waals surface area contributed by atoms with Crippen LogP contribution in [0.15, 0.2) is 11.6 Å². The second kappa shape index (κ2) is 4.80. The fraction of sp³-hybridized carbons (Fsp3) is 0.786. The van der Waals surface area contributed by atoms with Crippen molar-refractivity contribution in [2.24, 2.45) is 0 Å². The minimum atomic E-state index is 0.287. The van der Waals surface area contributed by atoms with Gasteiger partial charge in [0.25, 0.3) is 0 Å². The first kappa shape index (κ1) is 12.6. The number of nitriles is 1. The molecule has 3 heteroatoms. The molecule has 0 bridgehead atoms. The lowest BCUT2D eigenvalue weighted by molar-refractivity contribution is 0.0509. The monoisotopic (exact) mass is 233 g/mol. The standard InChI is InChI=1S/C14H23N3/c1-14(2,3)17-8-6-16(7-9-17)13-5-4-12(10-13)11-15/h10,13H,4-9H2,1-3H3/t13-/m0/s1. The van der Waals surface area contributed by atoms with Crippen molar-refractivity contribution in [3.63, 3.8) is 0 Å². The van der Waals surface area contributed by atoms with Crippen molar-refractivity contribution in [3.05, 3.63) is 11.6 Å². The molecule has 3 nitrogen and oxygen atoms in total. The molecule has 17 heavy (non-hydrogen) atoms. The van der Waals surface area contributed by atoms with E-state index in [0.717, 1.165) is 44.6 Å². The lowest BCUT2D eigenvalue weighted by atomic mass is 10.0. The van der Waals surface area contributed by atoms with Gasteiger partial charge in [0.05, 0.1) is 6.07 Å². The maximum Gasteiger partial charge on any atom is 0.0944 e. The molecule has 0 unspecified atom stereocenters. The topological polar surface area (TPSA) is 30.3 Å². The van der Waals surface area contributed by atoms with Gasteiger partial charge in [0, 0.05) is 43.3 Å². The van der Waals surface area contributed by atoms with E-state index in [1.807, 2.05) is 0 Å². The van der Waals surface area contributed by atoms with Gasteiger partial charge in [0.2, 0.25) is 0 Å². The summed E-state index contributed by atoms with van der Waals surface area (Å²) in [6, 6.07) is 2.81. The Bertz CT molecular complexity index is 337. The second-order valence-corrected chi connectivity index (χ2v) is 6.10. The van der Waals surface area contributed by atoms with E-state index in [-0.39, 0.29) is 5.54 Å². The zero-order valence-electron chi connectivity index (χ0n) is 11.2.